The van der Waals surface area contributed by atoms with Crippen LogP contribution in [0.3, 0.4) is 0 Å². The normalized spacial score (nSPS) is 23.7. The van der Waals surface area contributed by atoms with Crippen molar-refractivity contribution in [1.29, 1.82) is 5.26 Å². The third kappa shape index (κ3) is 3.62. The maximum absolute atomic E-state index is 8.77. The second kappa shape index (κ2) is 5.97. The highest BCUT2D eigenvalue weighted by Gasteiger charge is 2.18. The first-order chi connectivity index (χ1) is 6.76. The molecule has 0 aromatic heterocycles. The van der Waals surface area contributed by atoms with Crippen LogP contribution in [0, 0.1) is 11.3 Å². The van der Waals surface area contributed by atoms with Gasteiger partial charge in [-0.2, -0.15) is 5.26 Å². The number of likely N-dealkylation sites (N-methyl/N-ethyl adjacent to an activating group) is 2. The van der Waals surface area contributed by atoms with Gasteiger partial charge in [0.2, 0.25) is 0 Å². The van der Waals surface area contributed by atoms with Crippen molar-refractivity contribution in [3.63, 3.8) is 0 Å². The predicted octanol–water partition coefficient (Wildman–Crippen LogP) is 0.209. The first kappa shape index (κ1) is 11.4. The number of nitrogens with one attached hydrogen (secondary N) is 1. The molecule has 80 valence electrons. The van der Waals surface area contributed by atoms with E-state index in [1.807, 2.05) is 14.1 Å². The van der Waals surface area contributed by atoms with E-state index in [2.05, 4.69) is 16.3 Å². The van der Waals surface area contributed by atoms with Crippen LogP contribution in [0.2, 0.25) is 0 Å². The quantitative estimate of drug-likeness (QED) is 0.684. The van der Waals surface area contributed by atoms with Gasteiger partial charge in [0, 0.05) is 19.7 Å². The molecule has 0 aromatic rings. The molecular formula is C10H19N3O. The van der Waals surface area contributed by atoms with E-state index in [-0.39, 0.29) is 6.04 Å². The minimum absolute atomic E-state index is 0.0820. The van der Waals surface area contributed by atoms with Crippen molar-refractivity contribution in [2.45, 2.75) is 25.0 Å². The molecule has 1 aliphatic heterocycles. The van der Waals surface area contributed by atoms with Gasteiger partial charge in [-0.05, 0) is 26.9 Å². The van der Waals surface area contributed by atoms with E-state index in [4.69, 9.17) is 10.00 Å². The first-order valence-corrected chi connectivity index (χ1v) is 5.13. The zero-order valence-corrected chi connectivity index (χ0v) is 8.99. The van der Waals surface area contributed by atoms with E-state index in [9.17, 15) is 0 Å². The molecule has 4 nitrogen and oxygen atoms in total. The van der Waals surface area contributed by atoms with Crippen LogP contribution in [0.5, 0.6) is 0 Å². The average molecular weight is 197 g/mol. The van der Waals surface area contributed by atoms with Crippen molar-refractivity contribution in [2.75, 3.05) is 33.8 Å². The number of hydrogen-bond donors (Lipinski definition) is 1. The highest BCUT2D eigenvalue weighted by atomic mass is 16.5. The van der Waals surface area contributed by atoms with Crippen LogP contribution in [-0.2, 0) is 4.74 Å². The van der Waals surface area contributed by atoms with Gasteiger partial charge in [0.05, 0.1) is 12.2 Å². The summed E-state index contributed by atoms with van der Waals surface area (Å²) in [5.74, 6) is 0. The summed E-state index contributed by atoms with van der Waals surface area (Å²) in [6.45, 7) is 2.58. The molecule has 0 radical (unpaired) electrons. The van der Waals surface area contributed by atoms with Crippen molar-refractivity contribution < 1.29 is 4.74 Å². The molecule has 1 heterocycles. The minimum atomic E-state index is -0.0820. The van der Waals surface area contributed by atoms with Gasteiger partial charge >= 0.3 is 0 Å². The third-order valence-electron chi connectivity index (χ3n) is 2.54. The van der Waals surface area contributed by atoms with E-state index in [0.29, 0.717) is 6.10 Å². The number of ether oxygens (including phenoxy) is 1. The summed E-state index contributed by atoms with van der Waals surface area (Å²) in [5, 5.41) is 11.7. The zero-order valence-electron chi connectivity index (χ0n) is 8.99. The lowest BCUT2D eigenvalue weighted by Gasteiger charge is -2.22. The molecule has 0 spiro atoms. The summed E-state index contributed by atoms with van der Waals surface area (Å²) < 4.78 is 5.53. The Kier molecular flexibility index (Phi) is 4.88. The highest BCUT2D eigenvalue weighted by Crippen LogP contribution is 2.12. The minimum Gasteiger partial charge on any atom is -0.377 e. The average Bonchev–Trinajstić information content (AvgIpc) is 2.66. The van der Waals surface area contributed by atoms with E-state index in [1.54, 1.807) is 0 Å². The molecule has 1 saturated heterocycles. The molecule has 14 heavy (non-hydrogen) atoms. The van der Waals surface area contributed by atoms with E-state index >= 15 is 0 Å². The molecular weight excluding hydrogens is 178 g/mol. The number of hydrogen-bond acceptors (Lipinski definition) is 4. The lowest BCUT2D eigenvalue weighted by molar-refractivity contribution is 0.0802. The van der Waals surface area contributed by atoms with Gasteiger partial charge in [-0.1, -0.05) is 0 Å². The Balaban J connectivity index is 2.20. The van der Waals surface area contributed by atoms with Gasteiger partial charge in [0.1, 0.15) is 6.04 Å². The topological polar surface area (TPSA) is 48.3 Å². The third-order valence-corrected chi connectivity index (χ3v) is 2.54. The summed E-state index contributed by atoms with van der Waals surface area (Å²) >= 11 is 0. The molecule has 4 heteroatoms. The maximum Gasteiger partial charge on any atom is 0.108 e. The largest absolute Gasteiger partial charge is 0.377 e. The Morgan fingerprint density at radius 2 is 2.50 bits per heavy atom. The van der Waals surface area contributed by atoms with Gasteiger partial charge < -0.3 is 15.0 Å². The fourth-order valence-corrected chi connectivity index (χ4v) is 1.72. The Bertz CT molecular complexity index is 196. The SMILES string of the molecule is CNC(C#N)CN(C)CC1CCCO1. The van der Waals surface area contributed by atoms with Crippen molar-refractivity contribution in [2.24, 2.45) is 0 Å². The maximum atomic E-state index is 8.77. The van der Waals surface area contributed by atoms with Gasteiger partial charge in [-0.15, -0.1) is 0 Å². The number of rotatable bonds is 5. The first-order valence-electron chi connectivity index (χ1n) is 5.13. The molecule has 2 atom stereocenters. The summed E-state index contributed by atoms with van der Waals surface area (Å²) in [4.78, 5) is 2.15. The van der Waals surface area contributed by atoms with Crippen molar-refractivity contribution in [1.82, 2.24) is 10.2 Å². The molecule has 0 amide bonds. The second-order valence-electron chi connectivity index (χ2n) is 3.83. The lowest BCUT2D eigenvalue weighted by Crippen LogP contribution is -2.39. The second-order valence-corrected chi connectivity index (χ2v) is 3.83. The Labute approximate surface area is 85.8 Å². The van der Waals surface area contributed by atoms with Gasteiger partial charge in [-0.25, -0.2) is 0 Å². The fourth-order valence-electron chi connectivity index (χ4n) is 1.72. The molecule has 1 N–H and O–H groups in total. The van der Waals surface area contributed by atoms with Gasteiger partial charge in [-0.3, -0.25) is 0 Å². The molecule has 2 unspecified atom stereocenters. The van der Waals surface area contributed by atoms with E-state index in [1.165, 1.54) is 6.42 Å². The highest BCUT2D eigenvalue weighted by molar-refractivity contribution is 4.90. The summed E-state index contributed by atoms with van der Waals surface area (Å²) in [7, 11) is 3.84. The Morgan fingerprint density at radius 3 is 3.00 bits per heavy atom. The Morgan fingerprint density at radius 1 is 1.71 bits per heavy atom. The van der Waals surface area contributed by atoms with Crippen LogP contribution >= 0.6 is 0 Å². The fraction of sp³-hybridized carbons (Fsp3) is 0.900. The van der Waals surface area contributed by atoms with Crippen LogP contribution in [0.1, 0.15) is 12.8 Å². The number of nitrogens with zero attached hydrogens (tertiary/aromatic N) is 2. The predicted molar refractivity (Wildman–Crippen MR) is 54.9 cm³/mol. The van der Waals surface area contributed by atoms with Crippen LogP contribution in [0.4, 0.5) is 0 Å². The van der Waals surface area contributed by atoms with Crippen LogP contribution in [0.15, 0.2) is 0 Å². The summed E-state index contributed by atoms with van der Waals surface area (Å²) in [6.07, 6.45) is 2.70. The lowest BCUT2D eigenvalue weighted by atomic mass is 10.2. The van der Waals surface area contributed by atoms with Gasteiger partial charge in [0.15, 0.2) is 0 Å². The standard InChI is InChI=1S/C10H19N3O/c1-12-9(6-11)7-13(2)8-10-4-3-5-14-10/h9-10,12H,3-5,7-8H2,1-2H3. The van der Waals surface area contributed by atoms with E-state index < -0.39 is 0 Å². The molecule has 1 rings (SSSR count). The Hall–Kier alpha value is -0.630. The van der Waals surface area contributed by atoms with Crippen LogP contribution in [0.25, 0.3) is 0 Å². The zero-order chi connectivity index (χ0) is 10.4. The molecule has 1 fully saturated rings. The van der Waals surface area contributed by atoms with Gasteiger partial charge in [0.25, 0.3) is 0 Å². The smallest absolute Gasteiger partial charge is 0.108 e. The molecule has 0 aromatic carbocycles. The number of nitriles is 1. The van der Waals surface area contributed by atoms with Crippen LogP contribution in [-0.4, -0.2) is 50.8 Å². The van der Waals surface area contributed by atoms with Crippen molar-refractivity contribution >= 4 is 0 Å². The van der Waals surface area contributed by atoms with Crippen molar-refractivity contribution in [3.8, 4) is 6.07 Å². The monoisotopic (exact) mass is 197 g/mol. The molecule has 0 aliphatic carbocycles. The molecule has 0 saturated carbocycles. The summed E-state index contributed by atoms with van der Waals surface area (Å²) in [6, 6.07) is 2.13. The summed E-state index contributed by atoms with van der Waals surface area (Å²) in [5.41, 5.74) is 0. The van der Waals surface area contributed by atoms with Crippen LogP contribution < -0.4 is 5.32 Å². The molecule has 0 bridgehead atoms. The van der Waals surface area contributed by atoms with E-state index in [0.717, 1.165) is 26.1 Å². The van der Waals surface area contributed by atoms with Crippen molar-refractivity contribution in [3.05, 3.63) is 0 Å². The molecule has 1 aliphatic rings.